The number of nitro groups is 1. The second kappa shape index (κ2) is 6.51. The van der Waals surface area contributed by atoms with E-state index < -0.39 is 4.92 Å². The molecule has 1 aromatic rings. The number of hydrogen-bond acceptors (Lipinski definition) is 4. The Hall–Kier alpha value is -2.21. The zero-order valence-corrected chi connectivity index (χ0v) is 10.1. The molecule has 0 aliphatic rings. The van der Waals surface area contributed by atoms with Crippen LogP contribution in [0.3, 0.4) is 0 Å². The smallest absolute Gasteiger partial charge is 0.274 e. The Morgan fingerprint density at radius 2 is 2.28 bits per heavy atom. The summed E-state index contributed by atoms with van der Waals surface area (Å²) >= 11 is 0. The normalized spacial score (nSPS) is 9.83. The third-order valence-electron chi connectivity index (χ3n) is 2.35. The Balaban J connectivity index is 2.73. The summed E-state index contributed by atoms with van der Waals surface area (Å²) < 4.78 is 0. The average molecular weight is 249 g/mol. The van der Waals surface area contributed by atoms with Gasteiger partial charge in [-0.05, 0) is 13.0 Å². The summed E-state index contributed by atoms with van der Waals surface area (Å²) in [6, 6.07) is 4.58. The molecule has 0 aliphatic heterocycles. The monoisotopic (exact) mass is 249 g/mol. The average Bonchev–Trinajstić information content (AvgIpc) is 2.32. The molecular formula is C12H15N3O3. The van der Waals surface area contributed by atoms with E-state index in [4.69, 9.17) is 0 Å². The van der Waals surface area contributed by atoms with Crippen LogP contribution in [-0.2, 0) is 4.79 Å². The third kappa shape index (κ3) is 3.67. The minimum Gasteiger partial charge on any atom is -0.324 e. The van der Waals surface area contributed by atoms with Gasteiger partial charge in [0, 0.05) is 12.6 Å². The standard InChI is InChI=1S/C12H15N3O3/c1-3-7-13-8-12(16)14-10-5-4-6-11(9(10)2)15(17)18/h3-6,13H,1,7-8H2,2H3,(H,14,16). The van der Waals surface area contributed by atoms with Gasteiger partial charge in [-0.3, -0.25) is 14.9 Å². The number of carbonyl (C=O) groups is 1. The molecule has 2 N–H and O–H groups in total. The summed E-state index contributed by atoms with van der Waals surface area (Å²) in [5, 5.41) is 16.2. The maximum absolute atomic E-state index is 11.5. The zero-order chi connectivity index (χ0) is 13.5. The summed E-state index contributed by atoms with van der Waals surface area (Å²) in [5.41, 5.74) is 0.890. The first kappa shape index (κ1) is 13.9. The van der Waals surface area contributed by atoms with Crippen LogP contribution in [0.4, 0.5) is 11.4 Å². The highest BCUT2D eigenvalue weighted by Gasteiger charge is 2.14. The van der Waals surface area contributed by atoms with E-state index in [1.54, 1.807) is 19.1 Å². The number of nitrogens with one attached hydrogen (secondary N) is 2. The van der Waals surface area contributed by atoms with Crippen molar-refractivity contribution in [3.8, 4) is 0 Å². The lowest BCUT2D eigenvalue weighted by Gasteiger charge is -2.08. The molecule has 0 spiro atoms. The topological polar surface area (TPSA) is 84.3 Å². The minimum absolute atomic E-state index is 0.00755. The molecule has 1 rings (SSSR count). The van der Waals surface area contributed by atoms with Crippen molar-refractivity contribution in [2.45, 2.75) is 6.92 Å². The van der Waals surface area contributed by atoms with Gasteiger partial charge in [0.1, 0.15) is 0 Å². The molecule has 1 aromatic carbocycles. The second-order valence-corrected chi connectivity index (χ2v) is 3.67. The maximum atomic E-state index is 11.5. The fourth-order valence-corrected chi connectivity index (χ4v) is 1.44. The Kier molecular flexibility index (Phi) is 5.01. The second-order valence-electron chi connectivity index (χ2n) is 3.67. The summed E-state index contributed by atoms with van der Waals surface area (Å²) in [6.07, 6.45) is 1.64. The molecule has 0 aliphatic carbocycles. The van der Waals surface area contributed by atoms with E-state index in [-0.39, 0.29) is 18.1 Å². The first-order chi connectivity index (χ1) is 8.56. The lowest BCUT2D eigenvalue weighted by molar-refractivity contribution is -0.385. The van der Waals surface area contributed by atoms with E-state index in [0.29, 0.717) is 17.8 Å². The van der Waals surface area contributed by atoms with Crippen molar-refractivity contribution < 1.29 is 9.72 Å². The highest BCUT2D eigenvalue weighted by atomic mass is 16.6. The van der Waals surface area contributed by atoms with Crippen LogP contribution in [0.5, 0.6) is 0 Å². The fraction of sp³-hybridized carbons (Fsp3) is 0.250. The molecule has 0 saturated heterocycles. The van der Waals surface area contributed by atoms with Crippen LogP contribution in [0.1, 0.15) is 5.56 Å². The van der Waals surface area contributed by atoms with E-state index in [0.717, 1.165) is 0 Å². The van der Waals surface area contributed by atoms with Gasteiger partial charge in [-0.1, -0.05) is 12.1 Å². The highest BCUT2D eigenvalue weighted by molar-refractivity contribution is 5.93. The minimum atomic E-state index is -0.471. The predicted octanol–water partition coefficient (Wildman–Crippen LogP) is 1.62. The van der Waals surface area contributed by atoms with E-state index >= 15 is 0 Å². The van der Waals surface area contributed by atoms with Crippen LogP contribution in [-0.4, -0.2) is 23.9 Å². The number of amides is 1. The number of carbonyl (C=O) groups excluding carboxylic acids is 1. The molecule has 0 fully saturated rings. The van der Waals surface area contributed by atoms with Crippen molar-refractivity contribution in [2.75, 3.05) is 18.4 Å². The van der Waals surface area contributed by atoms with Gasteiger partial charge < -0.3 is 10.6 Å². The molecule has 0 radical (unpaired) electrons. The number of nitro benzene ring substituents is 1. The van der Waals surface area contributed by atoms with Crippen LogP contribution in [0.15, 0.2) is 30.9 Å². The quantitative estimate of drug-likeness (QED) is 0.347. The lowest BCUT2D eigenvalue weighted by Crippen LogP contribution is -2.28. The molecule has 6 heteroatoms. The molecule has 1 amide bonds. The van der Waals surface area contributed by atoms with Crippen molar-refractivity contribution in [3.05, 3.63) is 46.5 Å². The highest BCUT2D eigenvalue weighted by Crippen LogP contribution is 2.24. The Morgan fingerprint density at radius 1 is 1.56 bits per heavy atom. The maximum Gasteiger partial charge on any atom is 0.274 e. The predicted molar refractivity (Wildman–Crippen MR) is 69.5 cm³/mol. The van der Waals surface area contributed by atoms with E-state index in [1.807, 2.05) is 0 Å². The Morgan fingerprint density at radius 3 is 2.89 bits per heavy atom. The van der Waals surface area contributed by atoms with Gasteiger partial charge in [0.05, 0.1) is 22.7 Å². The molecule has 0 bridgehead atoms. The van der Waals surface area contributed by atoms with Crippen LogP contribution in [0.25, 0.3) is 0 Å². The number of anilines is 1. The van der Waals surface area contributed by atoms with Crippen molar-refractivity contribution in [1.82, 2.24) is 5.32 Å². The van der Waals surface area contributed by atoms with E-state index in [1.165, 1.54) is 12.1 Å². The molecular weight excluding hydrogens is 234 g/mol. The first-order valence-electron chi connectivity index (χ1n) is 5.41. The lowest BCUT2D eigenvalue weighted by atomic mass is 10.1. The molecule has 6 nitrogen and oxygen atoms in total. The molecule has 0 aromatic heterocycles. The molecule has 18 heavy (non-hydrogen) atoms. The van der Waals surface area contributed by atoms with E-state index in [2.05, 4.69) is 17.2 Å². The van der Waals surface area contributed by atoms with Crippen LogP contribution < -0.4 is 10.6 Å². The van der Waals surface area contributed by atoms with Gasteiger partial charge in [-0.25, -0.2) is 0 Å². The largest absolute Gasteiger partial charge is 0.324 e. The van der Waals surface area contributed by atoms with Crippen LogP contribution in [0, 0.1) is 17.0 Å². The summed E-state index contributed by atoms with van der Waals surface area (Å²) in [6.45, 7) is 5.78. The van der Waals surface area contributed by atoms with Crippen molar-refractivity contribution in [3.63, 3.8) is 0 Å². The third-order valence-corrected chi connectivity index (χ3v) is 2.35. The van der Waals surface area contributed by atoms with Crippen molar-refractivity contribution >= 4 is 17.3 Å². The Bertz CT molecular complexity index is 472. The van der Waals surface area contributed by atoms with Gasteiger partial charge in [0.25, 0.3) is 5.69 Å². The summed E-state index contributed by atoms with van der Waals surface area (Å²) in [7, 11) is 0. The number of nitrogens with zero attached hydrogens (tertiary/aromatic N) is 1. The number of benzene rings is 1. The fourth-order valence-electron chi connectivity index (χ4n) is 1.44. The summed E-state index contributed by atoms with van der Waals surface area (Å²) in [5.74, 6) is -0.250. The summed E-state index contributed by atoms with van der Waals surface area (Å²) in [4.78, 5) is 21.8. The van der Waals surface area contributed by atoms with Gasteiger partial charge in [0.15, 0.2) is 0 Å². The van der Waals surface area contributed by atoms with Crippen LogP contribution in [0.2, 0.25) is 0 Å². The van der Waals surface area contributed by atoms with Crippen molar-refractivity contribution in [2.24, 2.45) is 0 Å². The van der Waals surface area contributed by atoms with Gasteiger partial charge >= 0.3 is 0 Å². The van der Waals surface area contributed by atoms with Crippen molar-refractivity contribution in [1.29, 1.82) is 0 Å². The molecule has 0 unspecified atom stereocenters. The molecule has 96 valence electrons. The molecule has 0 saturated carbocycles. The molecule has 0 heterocycles. The first-order valence-corrected chi connectivity index (χ1v) is 5.41. The molecule has 0 atom stereocenters. The Labute approximate surface area is 105 Å². The van der Waals surface area contributed by atoms with E-state index in [9.17, 15) is 14.9 Å². The van der Waals surface area contributed by atoms with Gasteiger partial charge in [-0.2, -0.15) is 0 Å². The number of rotatable bonds is 6. The SMILES string of the molecule is C=CCNCC(=O)Nc1cccc([N+](=O)[O-])c1C. The van der Waals surface area contributed by atoms with Gasteiger partial charge in [0.2, 0.25) is 5.91 Å². The van der Waals surface area contributed by atoms with Gasteiger partial charge in [-0.15, -0.1) is 6.58 Å². The number of hydrogen-bond donors (Lipinski definition) is 2. The van der Waals surface area contributed by atoms with Crippen LogP contribution >= 0.6 is 0 Å². The zero-order valence-electron chi connectivity index (χ0n) is 10.1.